The average Bonchev–Trinajstić information content (AvgIpc) is 3.25. The minimum absolute atomic E-state index is 0.00715. The van der Waals surface area contributed by atoms with Crippen molar-refractivity contribution in [1.82, 2.24) is 5.32 Å². The van der Waals surface area contributed by atoms with Crippen LogP contribution in [0.5, 0.6) is 0 Å². The highest BCUT2D eigenvalue weighted by molar-refractivity contribution is 7.92. The molecule has 12 heteroatoms. The summed E-state index contributed by atoms with van der Waals surface area (Å²) in [5.41, 5.74) is -8.74. The van der Waals surface area contributed by atoms with Crippen LogP contribution in [0.3, 0.4) is 0 Å². The molecule has 1 saturated heterocycles. The summed E-state index contributed by atoms with van der Waals surface area (Å²) in [5, 5.41) is 3.01. The van der Waals surface area contributed by atoms with Crippen molar-refractivity contribution in [3.63, 3.8) is 0 Å². The van der Waals surface area contributed by atoms with Gasteiger partial charge in [-0.3, -0.25) is 0 Å². The van der Waals surface area contributed by atoms with Gasteiger partial charge in [-0.15, -0.1) is 0 Å². The van der Waals surface area contributed by atoms with E-state index >= 15 is 0 Å². The summed E-state index contributed by atoms with van der Waals surface area (Å²) in [6.07, 6.45) is -12.6. The second kappa shape index (κ2) is 7.16. The Morgan fingerprint density at radius 2 is 1.44 bits per heavy atom. The second-order valence-electron chi connectivity index (χ2n) is 9.12. The number of benzene rings is 2. The number of hydrogen-bond donors (Lipinski definition) is 1. The lowest BCUT2D eigenvalue weighted by molar-refractivity contribution is -0.348. The third kappa shape index (κ3) is 3.00. The predicted octanol–water partition coefficient (Wildman–Crippen LogP) is 5.44. The first-order chi connectivity index (χ1) is 15.4. The molecule has 2 aliphatic rings. The molecule has 2 atom stereocenters. The molecule has 1 N–H and O–H groups in total. The van der Waals surface area contributed by atoms with Crippen molar-refractivity contribution in [2.75, 3.05) is 6.54 Å². The first kappa shape index (κ1) is 24.9. The molecule has 3 nitrogen and oxygen atoms in total. The Bertz CT molecular complexity index is 1220. The van der Waals surface area contributed by atoms with Crippen molar-refractivity contribution in [1.29, 1.82) is 0 Å². The van der Waals surface area contributed by atoms with E-state index in [1.165, 1.54) is 13.8 Å². The van der Waals surface area contributed by atoms with Crippen molar-refractivity contribution >= 4 is 9.84 Å². The Kier molecular flexibility index (Phi) is 5.24. The molecular weight excluding hydrogens is 494 g/mol. The summed E-state index contributed by atoms with van der Waals surface area (Å²) in [6, 6.07) is 4.70. The van der Waals surface area contributed by atoms with Crippen molar-refractivity contribution < 1.29 is 43.5 Å². The molecule has 1 aliphatic carbocycles. The Morgan fingerprint density at radius 1 is 0.882 bits per heavy atom. The zero-order valence-electron chi connectivity index (χ0n) is 17.8. The van der Waals surface area contributed by atoms with Crippen LogP contribution in [-0.4, -0.2) is 33.4 Å². The van der Waals surface area contributed by atoms with E-state index in [1.807, 2.05) is 0 Å². The van der Waals surface area contributed by atoms with Crippen molar-refractivity contribution in [2.45, 2.75) is 59.4 Å². The van der Waals surface area contributed by atoms with E-state index < -0.39 is 55.4 Å². The van der Waals surface area contributed by atoms with Crippen LogP contribution in [0.1, 0.15) is 37.0 Å². The lowest BCUT2D eigenvalue weighted by Crippen LogP contribution is -2.50. The summed E-state index contributed by atoms with van der Waals surface area (Å²) in [4.78, 5) is -0.249. The topological polar surface area (TPSA) is 46.2 Å². The van der Waals surface area contributed by atoms with Gasteiger partial charge in [0.05, 0.1) is 4.90 Å². The fourth-order valence-corrected chi connectivity index (χ4v) is 7.84. The number of sulfone groups is 1. The number of halogens is 8. The molecule has 34 heavy (non-hydrogen) atoms. The molecule has 0 radical (unpaired) electrons. The summed E-state index contributed by atoms with van der Waals surface area (Å²) in [6.45, 7) is 3.15. The molecule has 2 aromatic rings. The number of hydrogen-bond acceptors (Lipinski definition) is 3. The normalized spacial score (nSPS) is 24.7. The van der Waals surface area contributed by atoms with Crippen LogP contribution in [0.4, 0.5) is 35.1 Å². The molecule has 0 saturated carbocycles. The highest BCUT2D eigenvalue weighted by Gasteiger charge is 2.74. The van der Waals surface area contributed by atoms with E-state index in [0.29, 0.717) is 12.1 Å². The van der Waals surface area contributed by atoms with Gasteiger partial charge in [-0.2, -0.15) is 26.3 Å². The highest BCUT2D eigenvalue weighted by Crippen LogP contribution is 2.60. The number of alkyl halides is 7. The molecule has 0 bridgehead atoms. The van der Waals surface area contributed by atoms with E-state index in [9.17, 15) is 43.5 Å². The van der Waals surface area contributed by atoms with Crippen LogP contribution >= 0.6 is 0 Å². The van der Waals surface area contributed by atoms with Crippen LogP contribution in [0.2, 0.25) is 0 Å². The molecule has 1 fully saturated rings. The average molecular weight is 513 g/mol. The maximum atomic E-state index is 14.8. The highest BCUT2D eigenvalue weighted by atomic mass is 32.2. The maximum absolute atomic E-state index is 14.8. The van der Waals surface area contributed by atoms with Gasteiger partial charge in [-0.05, 0) is 48.4 Å². The maximum Gasteiger partial charge on any atom is 0.435 e. The summed E-state index contributed by atoms with van der Waals surface area (Å²) in [7, 11) is -4.31. The minimum atomic E-state index is -6.30. The van der Waals surface area contributed by atoms with E-state index in [0.717, 1.165) is 30.3 Å². The van der Waals surface area contributed by atoms with Crippen LogP contribution in [0.15, 0.2) is 47.4 Å². The number of fused-ring (bicyclic) bond motifs is 3. The second-order valence-corrected chi connectivity index (χ2v) is 11.3. The summed E-state index contributed by atoms with van der Waals surface area (Å²) in [5.74, 6) is -0.687. The summed E-state index contributed by atoms with van der Waals surface area (Å²) >= 11 is 0. The standard InChI is InChI=1S/C22H19F8NO2S/c1-18(2)16-11-12(20(24,21(25,26)27)22(28,29)30)3-8-15(16)19(9-10-31-17(18)19)34(32,33)14-6-4-13(23)5-7-14/h3-8,11,17,31H,9-10H2,1-2H3. The Hall–Kier alpha value is -2.21. The Balaban J connectivity index is 1.99. The first-order valence-corrected chi connectivity index (χ1v) is 11.6. The van der Waals surface area contributed by atoms with Gasteiger partial charge in [0.2, 0.25) is 0 Å². The molecule has 0 amide bonds. The van der Waals surface area contributed by atoms with E-state index in [1.54, 1.807) is 0 Å². The molecule has 4 rings (SSSR count). The van der Waals surface area contributed by atoms with Gasteiger partial charge >= 0.3 is 18.0 Å². The van der Waals surface area contributed by atoms with E-state index in [4.69, 9.17) is 0 Å². The van der Waals surface area contributed by atoms with Crippen LogP contribution in [0, 0.1) is 5.82 Å². The zero-order chi connectivity index (χ0) is 25.5. The van der Waals surface area contributed by atoms with E-state index in [-0.39, 0.29) is 29.0 Å². The van der Waals surface area contributed by atoms with Gasteiger partial charge in [0.25, 0.3) is 0 Å². The van der Waals surface area contributed by atoms with Gasteiger partial charge in [-0.25, -0.2) is 17.2 Å². The lowest BCUT2D eigenvalue weighted by atomic mass is 9.80. The van der Waals surface area contributed by atoms with Crippen molar-refractivity contribution in [2.24, 2.45) is 0 Å². The molecule has 186 valence electrons. The fourth-order valence-electron chi connectivity index (χ4n) is 5.40. The quantitative estimate of drug-likeness (QED) is 0.440. The van der Waals surface area contributed by atoms with Gasteiger partial charge in [0.15, 0.2) is 9.84 Å². The van der Waals surface area contributed by atoms with Gasteiger partial charge in [-0.1, -0.05) is 32.0 Å². The molecule has 2 unspecified atom stereocenters. The predicted molar refractivity (Wildman–Crippen MR) is 106 cm³/mol. The van der Waals surface area contributed by atoms with Gasteiger partial charge in [0.1, 0.15) is 10.6 Å². The summed E-state index contributed by atoms with van der Waals surface area (Å²) < 4.78 is 134. The minimum Gasteiger partial charge on any atom is -0.311 e. The third-order valence-electron chi connectivity index (χ3n) is 6.99. The van der Waals surface area contributed by atoms with Crippen molar-refractivity contribution in [3.8, 4) is 0 Å². The largest absolute Gasteiger partial charge is 0.435 e. The smallest absolute Gasteiger partial charge is 0.311 e. The van der Waals surface area contributed by atoms with Crippen LogP contribution < -0.4 is 5.32 Å². The molecule has 1 heterocycles. The molecule has 0 spiro atoms. The monoisotopic (exact) mass is 513 g/mol. The van der Waals surface area contributed by atoms with Gasteiger partial charge < -0.3 is 5.32 Å². The van der Waals surface area contributed by atoms with E-state index in [2.05, 4.69) is 5.32 Å². The number of rotatable bonds is 3. The Labute approximate surface area is 190 Å². The third-order valence-corrected chi connectivity index (χ3v) is 9.50. The first-order valence-electron chi connectivity index (χ1n) is 10.1. The van der Waals surface area contributed by atoms with Gasteiger partial charge in [0, 0.05) is 17.0 Å². The molecule has 0 aromatic heterocycles. The van der Waals surface area contributed by atoms with Crippen molar-refractivity contribution in [3.05, 3.63) is 65.0 Å². The number of nitrogens with one attached hydrogen (secondary N) is 1. The molecule has 1 aliphatic heterocycles. The molecular formula is C22H19F8NO2S. The SMILES string of the molecule is CC1(C)c2cc(C(F)(C(F)(F)F)C(F)(F)F)ccc2C2(S(=O)(=O)c3ccc(F)cc3)CCNC12. The fraction of sp³-hybridized carbons (Fsp3) is 0.455. The van der Waals surface area contributed by atoms with Crippen LogP contribution in [0.25, 0.3) is 0 Å². The Morgan fingerprint density at radius 3 is 1.97 bits per heavy atom. The van der Waals surface area contributed by atoms with Crippen LogP contribution in [-0.2, 0) is 25.7 Å². The zero-order valence-corrected chi connectivity index (χ0v) is 18.6. The molecule has 2 aromatic carbocycles. The lowest BCUT2D eigenvalue weighted by Gasteiger charge is -2.34.